The number of fused-ring (bicyclic) bond motifs is 3. The van der Waals surface area contributed by atoms with Crippen LogP contribution in [0.4, 0.5) is 14.6 Å². The molecule has 132 valence electrons. The van der Waals surface area contributed by atoms with Crippen LogP contribution in [0.25, 0.3) is 0 Å². The lowest BCUT2D eigenvalue weighted by atomic mass is 10.1. The van der Waals surface area contributed by atoms with Crippen LogP contribution >= 0.6 is 0 Å². The number of hydrogen-bond acceptors (Lipinski definition) is 5. The van der Waals surface area contributed by atoms with Crippen LogP contribution in [0, 0.1) is 11.6 Å². The Labute approximate surface area is 142 Å². The summed E-state index contributed by atoms with van der Waals surface area (Å²) in [6, 6.07) is 5.78. The maximum atomic E-state index is 13.7. The van der Waals surface area contributed by atoms with Gasteiger partial charge in [0.1, 0.15) is 12.4 Å². The van der Waals surface area contributed by atoms with Crippen molar-refractivity contribution in [3.63, 3.8) is 0 Å². The van der Waals surface area contributed by atoms with Crippen molar-refractivity contribution >= 4 is 5.82 Å². The van der Waals surface area contributed by atoms with Gasteiger partial charge in [-0.2, -0.15) is 4.98 Å². The molecule has 2 aliphatic rings. The first kappa shape index (κ1) is 16.0. The van der Waals surface area contributed by atoms with E-state index in [-0.39, 0.29) is 24.1 Å². The van der Waals surface area contributed by atoms with Crippen LogP contribution in [0.2, 0.25) is 0 Å². The van der Waals surface area contributed by atoms with Crippen LogP contribution in [-0.4, -0.2) is 35.4 Å². The Morgan fingerprint density at radius 3 is 3.08 bits per heavy atom. The van der Waals surface area contributed by atoms with Gasteiger partial charge in [0.15, 0.2) is 11.6 Å². The molecular weight excluding hydrogens is 332 g/mol. The van der Waals surface area contributed by atoms with Gasteiger partial charge in [-0.05, 0) is 12.5 Å². The predicted octanol–water partition coefficient (Wildman–Crippen LogP) is 1.71. The first-order chi connectivity index (χ1) is 12.1. The van der Waals surface area contributed by atoms with Gasteiger partial charge in [0.05, 0.1) is 19.3 Å². The van der Waals surface area contributed by atoms with Crippen LogP contribution in [0.3, 0.4) is 0 Å². The summed E-state index contributed by atoms with van der Waals surface area (Å²) >= 11 is 0. The summed E-state index contributed by atoms with van der Waals surface area (Å²) < 4.78 is 39.5. The lowest BCUT2D eigenvalue weighted by Crippen LogP contribution is -2.51. The molecule has 0 unspecified atom stereocenters. The number of rotatable bonds is 3. The summed E-state index contributed by atoms with van der Waals surface area (Å²) in [5, 5.41) is 0. The van der Waals surface area contributed by atoms with E-state index in [0.717, 1.165) is 18.3 Å². The largest absolute Gasteiger partial charge is 0.472 e. The first-order valence-corrected chi connectivity index (χ1v) is 8.15. The van der Waals surface area contributed by atoms with E-state index in [1.54, 1.807) is 10.6 Å². The standard InChI is InChI=1S/C17H17F2N3O3/c18-13-3-1-2-11(16(13)19)9-25-14-8-15-21-6-7-24-10-12(21)4-5-22(15)17(23)20-14/h1-3,8,12H,4-7,9-10H2/t12-/m1/s1. The Bertz CT molecular complexity index is 856. The van der Waals surface area contributed by atoms with E-state index in [1.165, 1.54) is 12.1 Å². The molecular formula is C17H17F2N3O3. The maximum absolute atomic E-state index is 13.7. The predicted molar refractivity (Wildman–Crippen MR) is 85.8 cm³/mol. The molecule has 1 aromatic heterocycles. The van der Waals surface area contributed by atoms with Crippen LogP contribution < -0.4 is 15.3 Å². The molecule has 2 aliphatic heterocycles. The molecule has 1 fully saturated rings. The Morgan fingerprint density at radius 2 is 2.20 bits per heavy atom. The minimum Gasteiger partial charge on any atom is -0.472 e. The zero-order valence-corrected chi connectivity index (χ0v) is 13.5. The molecule has 2 aromatic rings. The Balaban J connectivity index is 1.60. The Kier molecular flexibility index (Phi) is 4.12. The van der Waals surface area contributed by atoms with Gasteiger partial charge in [-0.1, -0.05) is 12.1 Å². The van der Waals surface area contributed by atoms with E-state index in [2.05, 4.69) is 9.88 Å². The van der Waals surface area contributed by atoms with Crippen molar-refractivity contribution in [1.29, 1.82) is 0 Å². The second kappa shape index (κ2) is 6.44. The molecule has 1 atom stereocenters. The van der Waals surface area contributed by atoms with Crippen molar-refractivity contribution in [3.05, 3.63) is 51.9 Å². The zero-order valence-electron chi connectivity index (χ0n) is 13.5. The molecule has 6 nitrogen and oxygen atoms in total. The number of ether oxygens (including phenoxy) is 2. The molecule has 0 aliphatic carbocycles. The van der Waals surface area contributed by atoms with E-state index >= 15 is 0 Å². The highest BCUT2D eigenvalue weighted by Crippen LogP contribution is 2.28. The molecule has 3 heterocycles. The second-order valence-corrected chi connectivity index (χ2v) is 6.10. The van der Waals surface area contributed by atoms with E-state index in [0.29, 0.717) is 26.3 Å². The number of anilines is 1. The minimum atomic E-state index is -0.953. The van der Waals surface area contributed by atoms with Gasteiger partial charge in [-0.15, -0.1) is 0 Å². The lowest BCUT2D eigenvalue weighted by Gasteiger charge is -2.41. The Morgan fingerprint density at radius 1 is 1.32 bits per heavy atom. The molecule has 0 spiro atoms. The minimum absolute atomic E-state index is 0.0730. The van der Waals surface area contributed by atoms with E-state index in [9.17, 15) is 13.6 Å². The van der Waals surface area contributed by atoms with Crippen molar-refractivity contribution in [2.75, 3.05) is 24.7 Å². The summed E-state index contributed by atoms with van der Waals surface area (Å²) in [4.78, 5) is 18.3. The molecule has 0 radical (unpaired) electrons. The molecule has 0 bridgehead atoms. The molecule has 0 N–H and O–H groups in total. The topological polar surface area (TPSA) is 56.6 Å². The summed E-state index contributed by atoms with van der Waals surface area (Å²) in [5.41, 5.74) is -0.332. The van der Waals surface area contributed by atoms with Crippen molar-refractivity contribution in [2.45, 2.75) is 25.6 Å². The average Bonchev–Trinajstić information content (AvgIpc) is 2.63. The van der Waals surface area contributed by atoms with E-state index < -0.39 is 17.3 Å². The molecule has 1 saturated heterocycles. The van der Waals surface area contributed by atoms with Crippen molar-refractivity contribution in [3.8, 4) is 5.88 Å². The molecule has 0 saturated carbocycles. The summed E-state index contributed by atoms with van der Waals surface area (Å²) in [6.45, 7) is 2.28. The van der Waals surface area contributed by atoms with Crippen molar-refractivity contribution in [1.82, 2.24) is 9.55 Å². The van der Waals surface area contributed by atoms with Crippen LogP contribution in [0.1, 0.15) is 12.0 Å². The summed E-state index contributed by atoms with van der Waals surface area (Å²) in [6.07, 6.45) is 0.823. The number of aromatic nitrogens is 2. The molecule has 4 rings (SSSR count). The van der Waals surface area contributed by atoms with Crippen LogP contribution in [0.5, 0.6) is 5.88 Å². The number of benzene rings is 1. The highest BCUT2D eigenvalue weighted by molar-refractivity contribution is 5.45. The molecule has 8 heteroatoms. The second-order valence-electron chi connectivity index (χ2n) is 6.10. The monoisotopic (exact) mass is 349 g/mol. The van der Waals surface area contributed by atoms with Gasteiger partial charge < -0.3 is 14.4 Å². The van der Waals surface area contributed by atoms with Crippen LogP contribution in [-0.2, 0) is 17.9 Å². The summed E-state index contributed by atoms with van der Waals surface area (Å²) in [7, 11) is 0. The van der Waals surface area contributed by atoms with Gasteiger partial charge in [-0.25, -0.2) is 13.6 Å². The van der Waals surface area contributed by atoms with Crippen molar-refractivity contribution in [2.24, 2.45) is 0 Å². The van der Waals surface area contributed by atoms with E-state index in [1.807, 2.05) is 0 Å². The van der Waals surface area contributed by atoms with Gasteiger partial charge in [0.25, 0.3) is 0 Å². The highest BCUT2D eigenvalue weighted by Gasteiger charge is 2.30. The van der Waals surface area contributed by atoms with E-state index in [4.69, 9.17) is 9.47 Å². The quantitative estimate of drug-likeness (QED) is 0.844. The molecule has 25 heavy (non-hydrogen) atoms. The third-order valence-corrected chi connectivity index (χ3v) is 4.58. The van der Waals surface area contributed by atoms with Crippen LogP contribution in [0.15, 0.2) is 29.1 Å². The number of halogens is 2. The normalized spacial score (nSPS) is 19.3. The molecule has 1 aromatic carbocycles. The zero-order chi connectivity index (χ0) is 17.4. The van der Waals surface area contributed by atoms with Gasteiger partial charge in [0, 0.05) is 24.7 Å². The van der Waals surface area contributed by atoms with Gasteiger partial charge >= 0.3 is 5.69 Å². The third kappa shape index (κ3) is 2.97. The van der Waals surface area contributed by atoms with Gasteiger partial charge in [0.2, 0.25) is 5.88 Å². The number of hydrogen-bond donors (Lipinski definition) is 0. The highest BCUT2D eigenvalue weighted by atomic mass is 19.2. The lowest BCUT2D eigenvalue weighted by molar-refractivity contribution is 0.0847. The number of nitrogens with zero attached hydrogens (tertiary/aromatic N) is 3. The Hall–Kier alpha value is -2.48. The SMILES string of the molecule is O=c1nc(OCc2cccc(F)c2F)cc2n1CC[C@@H]1COCCN21. The average molecular weight is 349 g/mol. The fourth-order valence-electron chi connectivity index (χ4n) is 3.28. The fraction of sp³-hybridized carbons (Fsp3) is 0.412. The summed E-state index contributed by atoms with van der Waals surface area (Å²) in [5.74, 6) is -1.05. The van der Waals surface area contributed by atoms with Gasteiger partial charge in [-0.3, -0.25) is 4.57 Å². The third-order valence-electron chi connectivity index (χ3n) is 4.58. The fourth-order valence-corrected chi connectivity index (χ4v) is 3.28. The first-order valence-electron chi connectivity index (χ1n) is 8.15. The number of morpholine rings is 1. The van der Waals surface area contributed by atoms with Crippen molar-refractivity contribution < 1.29 is 18.3 Å². The maximum Gasteiger partial charge on any atom is 0.352 e. The smallest absolute Gasteiger partial charge is 0.352 e. The molecule has 0 amide bonds.